The maximum atomic E-state index is 2.51. The van der Waals surface area contributed by atoms with E-state index in [1.165, 1.54) is 93.9 Å². The van der Waals surface area contributed by atoms with Crippen molar-refractivity contribution in [3.05, 3.63) is 168 Å². The average Bonchev–Trinajstić information content (AvgIpc) is 3.72. The lowest BCUT2D eigenvalue weighted by atomic mass is 9.81. The average molecular weight is 615 g/mol. The van der Waals surface area contributed by atoms with E-state index in [0.29, 0.717) is 0 Å². The standard InChI is InChI=1S/C46H34N2/c1-29-27-39-44(36-16-7-10-18-38(36)46(39,2)3)45-43(29)37-17-9-12-20-41(37)48(45)33-24-21-30(22-25-33)31-23-26-35-34-15-8-11-19-40(34)47(42(35)28-31)32-13-5-4-6-14-32/h4-28H,1-3H3. The highest BCUT2D eigenvalue weighted by molar-refractivity contribution is 6.17. The van der Waals surface area contributed by atoms with Crippen molar-refractivity contribution in [3.63, 3.8) is 0 Å². The predicted molar refractivity (Wildman–Crippen MR) is 203 cm³/mol. The van der Waals surface area contributed by atoms with E-state index < -0.39 is 0 Å². The van der Waals surface area contributed by atoms with Crippen LogP contribution in [-0.2, 0) is 5.41 Å². The van der Waals surface area contributed by atoms with E-state index >= 15 is 0 Å². The van der Waals surface area contributed by atoms with E-state index in [1.807, 2.05) is 0 Å². The van der Waals surface area contributed by atoms with Gasteiger partial charge in [0, 0.05) is 43.9 Å². The predicted octanol–water partition coefficient (Wildman–Crippen LogP) is 12.2. The summed E-state index contributed by atoms with van der Waals surface area (Å²) in [6.07, 6.45) is 0. The van der Waals surface area contributed by atoms with Crippen LogP contribution in [0.25, 0.3) is 77.2 Å². The molecule has 0 spiro atoms. The molecule has 0 aliphatic heterocycles. The van der Waals surface area contributed by atoms with Crippen LogP contribution in [0.4, 0.5) is 0 Å². The number of aryl methyl sites for hydroxylation is 1. The molecule has 48 heavy (non-hydrogen) atoms. The van der Waals surface area contributed by atoms with Gasteiger partial charge in [0.2, 0.25) is 0 Å². The van der Waals surface area contributed by atoms with Crippen LogP contribution in [0.5, 0.6) is 0 Å². The van der Waals surface area contributed by atoms with Crippen molar-refractivity contribution in [1.82, 2.24) is 9.13 Å². The Balaban J connectivity index is 1.18. The monoisotopic (exact) mass is 614 g/mol. The van der Waals surface area contributed by atoms with Gasteiger partial charge in [0.25, 0.3) is 0 Å². The zero-order valence-electron chi connectivity index (χ0n) is 27.3. The van der Waals surface area contributed by atoms with Gasteiger partial charge in [-0.1, -0.05) is 123 Å². The van der Waals surface area contributed by atoms with Crippen LogP contribution in [-0.4, -0.2) is 9.13 Å². The third kappa shape index (κ3) is 3.63. The molecule has 10 rings (SSSR count). The van der Waals surface area contributed by atoms with Crippen molar-refractivity contribution >= 4 is 43.6 Å². The molecule has 0 atom stereocenters. The van der Waals surface area contributed by atoms with E-state index in [0.717, 1.165) is 0 Å². The van der Waals surface area contributed by atoms with Crippen LogP contribution in [0.2, 0.25) is 0 Å². The number of hydrogen-bond donors (Lipinski definition) is 0. The van der Waals surface area contributed by atoms with Crippen molar-refractivity contribution in [2.24, 2.45) is 0 Å². The van der Waals surface area contributed by atoms with E-state index in [9.17, 15) is 0 Å². The second-order valence-electron chi connectivity index (χ2n) is 13.8. The number of rotatable bonds is 3. The van der Waals surface area contributed by atoms with Crippen LogP contribution in [0, 0.1) is 6.92 Å². The molecule has 0 amide bonds. The van der Waals surface area contributed by atoms with E-state index in [1.54, 1.807) is 0 Å². The third-order valence-corrected chi connectivity index (χ3v) is 10.8. The Morgan fingerprint density at radius 3 is 1.85 bits per heavy atom. The number of fused-ring (bicyclic) bond motifs is 10. The molecule has 9 aromatic rings. The highest BCUT2D eigenvalue weighted by Gasteiger charge is 2.38. The lowest BCUT2D eigenvalue weighted by Gasteiger charge is -2.22. The summed E-state index contributed by atoms with van der Waals surface area (Å²) in [7, 11) is 0. The molecule has 2 heteroatoms. The largest absolute Gasteiger partial charge is 0.309 e. The van der Waals surface area contributed by atoms with Crippen LogP contribution >= 0.6 is 0 Å². The van der Waals surface area contributed by atoms with Crippen LogP contribution < -0.4 is 0 Å². The van der Waals surface area contributed by atoms with Gasteiger partial charge >= 0.3 is 0 Å². The van der Waals surface area contributed by atoms with Gasteiger partial charge in [0.15, 0.2) is 0 Å². The zero-order chi connectivity index (χ0) is 32.1. The second-order valence-corrected chi connectivity index (χ2v) is 13.8. The molecule has 0 unspecified atom stereocenters. The molecule has 2 nitrogen and oxygen atoms in total. The molecule has 0 saturated carbocycles. The Bertz CT molecular complexity index is 2740. The van der Waals surface area contributed by atoms with Gasteiger partial charge in [0.1, 0.15) is 0 Å². The highest BCUT2D eigenvalue weighted by atomic mass is 15.0. The van der Waals surface area contributed by atoms with Crippen LogP contribution in [0.1, 0.15) is 30.5 Å². The maximum absolute atomic E-state index is 2.51. The van der Waals surface area contributed by atoms with Gasteiger partial charge in [-0.2, -0.15) is 0 Å². The van der Waals surface area contributed by atoms with E-state index in [2.05, 4.69) is 182 Å². The van der Waals surface area contributed by atoms with Crippen molar-refractivity contribution in [2.75, 3.05) is 0 Å². The number of nitrogens with zero attached hydrogens (tertiary/aromatic N) is 2. The summed E-state index contributed by atoms with van der Waals surface area (Å²) in [6.45, 7) is 7.03. The minimum Gasteiger partial charge on any atom is -0.309 e. The molecule has 0 saturated heterocycles. The molecule has 2 aromatic heterocycles. The Hall–Kier alpha value is -5.86. The van der Waals surface area contributed by atoms with E-state index in [4.69, 9.17) is 0 Å². The summed E-state index contributed by atoms with van der Waals surface area (Å²) in [5.74, 6) is 0. The minimum atomic E-state index is -0.0587. The molecular formula is C46H34N2. The molecule has 1 aliphatic carbocycles. The fraction of sp³-hybridized carbons (Fsp3) is 0.0870. The summed E-state index contributed by atoms with van der Waals surface area (Å²) in [5.41, 5.74) is 16.6. The van der Waals surface area contributed by atoms with Gasteiger partial charge in [-0.05, 0) is 82.8 Å². The van der Waals surface area contributed by atoms with E-state index in [-0.39, 0.29) is 5.41 Å². The first-order valence-electron chi connectivity index (χ1n) is 16.9. The zero-order valence-corrected chi connectivity index (χ0v) is 27.3. The van der Waals surface area contributed by atoms with Crippen LogP contribution in [0.15, 0.2) is 152 Å². The Labute approximate surface area is 280 Å². The molecule has 1 aliphatic rings. The summed E-state index contributed by atoms with van der Waals surface area (Å²) in [5, 5.41) is 5.20. The summed E-state index contributed by atoms with van der Waals surface area (Å²) >= 11 is 0. The Morgan fingerprint density at radius 1 is 0.458 bits per heavy atom. The first-order chi connectivity index (χ1) is 23.5. The molecule has 0 fully saturated rings. The molecule has 7 aromatic carbocycles. The van der Waals surface area contributed by atoms with Gasteiger partial charge in [0.05, 0.1) is 22.1 Å². The quantitative estimate of drug-likeness (QED) is 0.187. The van der Waals surface area contributed by atoms with Crippen LogP contribution in [0.3, 0.4) is 0 Å². The molecule has 0 bridgehead atoms. The third-order valence-electron chi connectivity index (χ3n) is 10.8. The summed E-state index contributed by atoms with van der Waals surface area (Å²) in [6, 6.07) is 55.9. The van der Waals surface area contributed by atoms with Gasteiger partial charge in [-0.15, -0.1) is 0 Å². The second kappa shape index (κ2) is 9.82. The molecule has 0 N–H and O–H groups in total. The maximum Gasteiger partial charge on any atom is 0.0625 e. The first-order valence-corrected chi connectivity index (χ1v) is 16.9. The lowest BCUT2D eigenvalue weighted by molar-refractivity contribution is 0.660. The molecule has 228 valence electrons. The van der Waals surface area contributed by atoms with Crippen molar-refractivity contribution < 1.29 is 0 Å². The van der Waals surface area contributed by atoms with Gasteiger partial charge in [-0.3, -0.25) is 0 Å². The first kappa shape index (κ1) is 27.3. The highest BCUT2D eigenvalue weighted by Crippen LogP contribution is 2.53. The van der Waals surface area contributed by atoms with Gasteiger partial charge < -0.3 is 9.13 Å². The number of aromatic nitrogens is 2. The SMILES string of the molecule is Cc1cc2c(c3c1c1ccccc1n3-c1ccc(-c3ccc4c5ccccc5n(-c5ccccc5)c4c3)cc1)-c1ccccc1C2(C)C. The topological polar surface area (TPSA) is 9.86 Å². The van der Waals surface area contributed by atoms with Crippen molar-refractivity contribution in [3.8, 4) is 33.6 Å². The number of hydrogen-bond acceptors (Lipinski definition) is 0. The molecule has 2 heterocycles. The number of benzene rings is 7. The Kier molecular flexibility index (Phi) is 5.58. The molecule has 0 radical (unpaired) electrons. The van der Waals surface area contributed by atoms with Crippen molar-refractivity contribution in [2.45, 2.75) is 26.2 Å². The lowest BCUT2D eigenvalue weighted by Crippen LogP contribution is -2.15. The fourth-order valence-corrected chi connectivity index (χ4v) is 8.60. The Morgan fingerprint density at radius 2 is 1.06 bits per heavy atom. The minimum absolute atomic E-state index is 0.0587. The fourth-order valence-electron chi connectivity index (χ4n) is 8.60. The normalized spacial score (nSPS) is 13.5. The summed E-state index contributed by atoms with van der Waals surface area (Å²) < 4.78 is 4.90. The summed E-state index contributed by atoms with van der Waals surface area (Å²) in [4.78, 5) is 0. The molecular weight excluding hydrogens is 581 g/mol. The van der Waals surface area contributed by atoms with Gasteiger partial charge in [-0.25, -0.2) is 0 Å². The van der Waals surface area contributed by atoms with Crippen molar-refractivity contribution in [1.29, 1.82) is 0 Å². The number of para-hydroxylation sites is 3. The smallest absolute Gasteiger partial charge is 0.0625 e.